The number of pyridine rings is 1. The first-order valence-electron chi connectivity index (χ1n) is 15.5. The predicted molar refractivity (Wildman–Crippen MR) is 170 cm³/mol. The Bertz CT molecular complexity index is 756. The van der Waals surface area contributed by atoms with Crippen LogP contribution < -0.4 is 10.6 Å². The molecule has 2 rings (SSSR count). The number of alkyl carbamates (subject to hydrolysis) is 2. The summed E-state index contributed by atoms with van der Waals surface area (Å²) in [5.74, 6) is 0.117. The summed E-state index contributed by atoms with van der Waals surface area (Å²) in [6.07, 6.45) is 21.3. The van der Waals surface area contributed by atoms with Gasteiger partial charge in [-0.2, -0.15) is 0 Å². The van der Waals surface area contributed by atoms with Crippen LogP contribution in [-0.2, 0) is 20.8 Å². The van der Waals surface area contributed by atoms with Gasteiger partial charge in [0, 0.05) is 18.7 Å². The largest absolute Gasteiger partial charge is 0.449 e. The lowest BCUT2D eigenvalue weighted by molar-refractivity contribution is 0.0410. The molecule has 1 fully saturated rings. The third-order valence-electron chi connectivity index (χ3n) is 7.20. The van der Waals surface area contributed by atoms with E-state index in [-0.39, 0.29) is 48.7 Å². The van der Waals surface area contributed by atoms with Gasteiger partial charge >= 0.3 is 12.2 Å². The van der Waals surface area contributed by atoms with E-state index in [1.807, 2.05) is 18.2 Å². The fourth-order valence-electron chi connectivity index (χ4n) is 4.83. The molecule has 9 heteroatoms. The van der Waals surface area contributed by atoms with E-state index in [2.05, 4.69) is 22.5 Å². The molecule has 2 amide bonds. The van der Waals surface area contributed by atoms with Gasteiger partial charge in [-0.05, 0) is 25.0 Å². The van der Waals surface area contributed by atoms with Crippen molar-refractivity contribution in [2.75, 3.05) is 26.4 Å². The second-order valence-electron chi connectivity index (χ2n) is 10.8. The molecule has 2 heterocycles. The lowest BCUT2D eigenvalue weighted by Gasteiger charge is -2.12. The molecule has 1 saturated heterocycles. The molecule has 1 aromatic rings. The van der Waals surface area contributed by atoms with Gasteiger partial charge in [-0.25, -0.2) is 9.59 Å². The molecule has 0 unspecified atom stereocenters. The van der Waals surface area contributed by atoms with E-state index in [0.717, 1.165) is 18.5 Å². The average molecular weight is 676 g/mol. The number of aromatic nitrogens is 1. The minimum atomic E-state index is -0.498. The van der Waals surface area contributed by atoms with Crippen LogP contribution in [0.5, 0.6) is 0 Å². The summed E-state index contributed by atoms with van der Waals surface area (Å²) in [4.78, 5) is 28.0. The number of hydrogen-bond donors (Lipinski definition) is 2. The van der Waals surface area contributed by atoms with Crippen molar-refractivity contribution >= 4 is 36.2 Å². The highest BCUT2D eigenvalue weighted by atomic mass is 127. The molecule has 0 spiro atoms. The van der Waals surface area contributed by atoms with Gasteiger partial charge in [0.2, 0.25) is 0 Å². The number of unbranched alkanes of at least 4 members (excludes halogenated alkanes) is 14. The van der Waals surface area contributed by atoms with Crippen LogP contribution >= 0.6 is 24.0 Å². The smallest absolute Gasteiger partial charge is 0.407 e. The molecule has 40 heavy (non-hydrogen) atoms. The Morgan fingerprint density at radius 1 is 0.825 bits per heavy atom. The van der Waals surface area contributed by atoms with Crippen molar-refractivity contribution in [1.82, 2.24) is 15.6 Å². The van der Waals surface area contributed by atoms with Gasteiger partial charge in [0.1, 0.15) is 6.61 Å². The molecule has 2 N–H and O–H groups in total. The summed E-state index contributed by atoms with van der Waals surface area (Å²) in [5, 5.41) is 5.52. The van der Waals surface area contributed by atoms with Gasteiger partial charge in [0.25, 0.3) is 0 Å². The maximum atomic E-state index is 12.0. The first-order valence-corrected chi connectivity index (χ1v) is 15.5. The summed E-state index contributed by atoms with van der Waals surface area (Å²) < 4.78 is 16.3. The molecular weight excluding hydrogens is 621 g/mol. The summed E-state index contributed by atoms with van der Waals surface area (Å²) in [7, 11) is 0. The zero-order valence-corrected chi connectivity index (χ0v) is 27.0. The monoisotopic (exact) mass is 675 g/mol. The fourth-order valence-corrected chi connectivity index (χ4v) is 4.83. The number of nitrogens with zero attached hydrogens (tertiary/aromatic N) is 1. The second-order valence-corrected chi connectivity index (χ2v) is 10.8. The Morgan fingerprint density at radius 3 is 2.00 bits per heavy atom. The minimum absolute atomic E-state index is 0. The Labute approximate surface area is 259 Å². The lowest BCUT2D eigenvalue weighted by Crippen LogP contribution is -2.28. The van der Waals surface area contributed by atoms with Crippen LogP contribution in [0.1, 0.15) is 115 Å². The van der Waals surface area contributed by atoms with Gasteiger partial charge in [0.05, 0.1) is 31.6 Å². The van der Waals surface area contributed by atoms with E-state index >= 15 is 0 Å². The molecule has 1 aliphatic rings. The summed E-state index contributed by atoms with van der Waals surface area (Å²) in [6.45, 7) is 4.23. The quantitative estimate of drug-likeness (QED) is 0.0957. The van der Waals surface area contributed by atoms with E-state index in [1.165, 1.54) is 83.5 Å². The lowest BCUT2D eigenvalue weighted by atomic mass is 10.0. The summed E-state index contributed by atoms with van der Waals surface area (Å²) in [5.41, 5.74) is 0.765. The molecule has 1 aliphatic heterocycles. The van der Waals surface area contributed by atoms with Crippen molar-refractivity contribution in [3.63, 3.8) is 0 Å². The highest BCUT2D eigenvalue weighted by Crippen LogP contribution is 2.20. The van der Waals surface area contributed by atoms with E-state index in [9.17, 15) is 9.59 Å². The van der Waals surface area contributed by atoms with Crippen LogP contribution in [-0.4, -0.2) is 49.6 Å². The van der Waals surface area contributed by atoms with Gasteiger partial charge in [-0.3, -0.25) is 4.98 Å². The molecule has 0 aromatic carbocycles. The Hall–Kier alpha value is -1.62. The molecule has 2 atom stereocenters. The van der Waals surface area contributed by atoms with Gasteiger partial charge in [0.15, 0.2) is 0 Å². The summed E-state index contributed by atoms with van der Waals surface area (Å²) >= 11 is 0. The molecule has 0 aliphatic carbocycles. The average Bonchev–Trinajstić information content (AvgIpc) is 3.42. The zero-order valence-electron chi connectivity index (χ0n) is 24.7. The Morgan fingerprint density at radius 2 is 1.40 bits per heavy atom. The van der Waals surface area contributed by atoms with Crippen molar-refractivity contribution in [3.05, 3.63) is 30.1 Å². The number of amides is 2. The number of nitrogens with one attached hydrogen (secondary N) is 2. The maximum Gasteiger partial charge on any atom is 0.407 e. The number of carbonyl (C=O) groups excluding carboxylic acids is 2. The van der Waals surface area contributed by atoms with Crippen LogP contribution in [0.15, 0.2) is 24.4 Å². The van der Waals surface area contributed by atoms with Crippen molar-refractivity contribution in [3.8, 4) is 0 Å². The first kappa shape index (κ1) is 36.4. The number of ether oxygens (including phenoxy) is 3. The van der Waals surface area contributed by atoms with Crippen LogP contribution in [0.3, 0.4) is 0 Å². The molecule has 1 aromatic heterocycles. The molecule has 0 radical (unpaired) electrons. The van der Waals surface area contributed by atoms with Crippen molar-refractivity contribution in [1.29, 1.82) is 0 Å². The standard InChI is InChI=1S/C31H53N3O5.HI/c1-2-3-4-5-6-7-8-9-10-11-12-13-14-15-17-21-33-30(35)38-25-27-22-29(37-24-27)26-39-31(36)34-23-28-19-16-18-20-32-28;/h16,18-20,27,29H,2-15,17,21-26H2,1H3,(H,33,35)(H,34,36);1H/t27-,29+;/m0./s1. The summed E-state index contributed by atoms with van der Waals surface area (Å²) in [6, 6.07) is 5.53. The van der Waals surface area contributed by atoms with Crippen LogP contribution in [0.4, 0.5) is 9.59 Å². The molecular formula is C31H54IN3O5. The number of halogens is 1. The predicted octanol–water partition coefficient (Wildman–Crippen LogP) is 7.93. The molecule has 0 bridgehead atoms. The highest BCUT2D eigenvalue weighted by molar-refractivity contribution is 14.0. The van der Waals surface area contributed by atoms with E-state index in [0.29, 0.717) is 32.7 Å². The van der Waals surface area contributed by atoms with Gasteiger partial charge < -0.3 is 24.8 Å². The van der Waals surface area contributed by atoms with Crippen molar-refractivity contribution in [2.24, 2.45) is 5.92 Å². The Kier molecular flexibility index (Phi) is 22.9. The van der Waals surface area contributed by atoms with Crippen LogP contribution in [0, 0.1) is 5.92 Å². The minimum Gasteiger partial charge on any atom is -0.449 e. The van der Waals surface area contributed by atoms with Crippen LogP contribution in [0.2, 0.25) is 0 Å². The normalized spacial score (nSPS) is 16.2. The van der Waals surface area contributed by atoms with E-state index in [1.54, 1.807) is 6.20 Å². The first-order chi connectivity index (χ1) is 19.2. The molecule has 8 nitrogen and oxygen atoms in total. The Balaban J connectivity index is 0.00000800. The molecule has 230 valence electrons. The number of rotatable bonds is 22. The number of carbonyl (C=O) groups is 2. The fraction of sp³-hybridized carbons (Fsp3) is 0.774. The van der Waals surface area contributed by atoms with Gasteiger partial charge in [-0.15, -0.1) is 24.0 Å². The van der Waals surface area contributed by atoms with E-state index < -0.39 is 6.09 Å². The van der Waals surface area contributed by atoms with Crippen LogP contribution in [0.25, 0.3) is 0 Å². The van der Waals surface area contributed by atoms with Crippen molar-refractivity contribution < 1.29 is 23.8 Å². The third kappa shape index (κ3) is 19.5. The third-order valence-corrected chi connectivity index (χ3v) is 7.20. The second kappa shape index (κ2) is 25.1. The molecule has 0 saturated carbocycles. The van der Waals surface area contributed by atoms with Crippen molar-refractivity contribution in [2.45, 2.75) is 122 Å². The number of hydrogen-bond acceptors (Lipinski definition) is 6. The topological polar surface area (TPSA) is 98.8 Å². The highest BCUT2D eigenvalue weighted by Gasteiger charge is 2.27. The van der Waals surface area contributed by atoms with E-state index in [4.69, 9.17) is 14.2 Å². The maximum absolute atomic E-state index is 12.0. The van der Waals surface area contributed by atoms with Gasteiger partial charge in [-0.1, -0.05) is 103 Å². The SMILES string of the molecule is CCCCCCCCCCCCCCCCCNC(=O)OC[C@@H]1CO[C@@H](COC(=O)NCc2ccccn2)C1.I. The zero-order chi connectivity index (χ0) is 27.8.